The fraction of sp³-hybridized carbons (Fsp3) is 0.714. The molecule has 0 fully saturated rings. The van der Waals surface area contributed by atoms with E-state index in [9.17, 15) is 0 Å². The maximum absolute atomic E-state index is 5.88. The Kier molecular flexibility index (Phi) is 3.89. The van der Waals surface area contributed by atoms with Crippen molar-refractivity contribution in [2.75, 3.05) is 24.2 Å². The van der Waals surface area contributed by atoms with E-state index in [0.29, 0.717) is 5.82 Å². The zero-order chi connectivity index (χ0) is 14.1. The molecule has 1 heterocycles. The van der Waals surface area contributed by atoms with E-state index in [2.05, 4.69) is 56.4 Å². The highest BCUT2D eigenvalue weighted by Crippen LogP contribution is 2.24. The standard InChI is InChI=1S/C14H26N4/c1-13(2,3)9-18(7)11-8-10(15)16-12(17-11)14(4,5)6/h8H,9H2,1-7H3,(H2,15,16,17). The van der Waals surface area contributed by atoms with Gasteiger partial charge >= 0.3 is 0 Å². The second kappa shape index (κ2) is 4.75. The van der Waals surface area contributed by atoms with Crippen LogP contribution < -0.4 is 10.6 Å². The van der Waals surface area contributed by atoms with Crippen molar-refractivity contribution in [2.24, 2.45) is 5.41 Å². The molecule has 0 atom stereocenters. The van der Waals surface area contributed by atoms with Gasteiger partial charge in [0.15, 0.2) is 0 Å². The predicted octanol–water partition coefficient (Wildman–Crippen LogP) is 2.84. The van der Waals surface area contributed by atoms with Crippen LogP contribution in [0.5, 0.6) is 0 Å². The van der Waals surface area contributed by atoms with Crippen molar-refractivity contribution >= 4 is 11.6 Å². The van der Waals surface area contributed by atoms with Gasteiger partial charge in [-0.2, -0.15) is 0 Å². The molecule has 0 aliphatic heterocycles. The molecule has 0 aliphatic rings. The number of nitrogen functional groups attached to an aromatic ring is 1. The molecule has 18 heavy (non-hydrogen) atoms. The van der Waals surface area contributed by atoms with Crippen molar-refractivity contribution in [1.29, 1.82) is 0 Å². The molecular weight excluding hydrogens is 224 g/mol. The highest BCUT2D eigenvalue weighted by molar-refractivity contribution is 5.47. The number of hydrogen-bond acceptors (Lipinski definition) is 4. The van der Waals surface area contributed by atoms with E-state index in [4.69, 9.17) is 5.73 Å². The number of aromatic nitrogens is 2. The van der Waals surface area contributed by atoms with Crippen LogP contribution in [-0.4, -0.2) is 23.6 Å². The molecule has 0 aliphatic carbocycles. The maximum Gasteiger partial charge on any atom is 0.138 e. The van der Waals surface area contributed by atoms with Crippen LogP contribution in [0.1, 0.15) is 47.4 Å². The van der Waals surface area contributed by atoms with Gasteiger partial charge in [-0.3, -0.25) is 0 Å². The van der Waals surface area contributed by atoms with Crippen molar-refractivity contribution in [1.82, 2.24) is 9.97 Å². The van der Waals surface area contributed by atoms with Crippen LogP contribution >= 0.6 is 0 Å². The first-order valence-electron chi connectivity index (χ1n) is 6.35. The summed E-state index contributed by atoms with van der Waals surface area (Å²) in [5.74, 6) is 2.21. The summed E-state index contributed by atoms with van der Waals surface area (Å²) in [6, 6.07) is 1.83. The molecule has 4 nitrogen and oxygen atoms in total. The summed E-state index contributed by atoms with van der Waals surface area (Å²) in [5, 5.41) is 0. The molecule has 0 aromatic carbocycles. The highest BCUT2D eigenvalue weighted by Gasteiger charge is 2.21. The van der Waals surface area contributed by atoms with Crippen LogP contribution in [0.4, 0.5) is 11.6 Å². The average Bonchev–Trinajstić information content (AvgIpc) is 2.12. The molecule has 1 aromatic rings. The molecule has 0 spiro atoms. The first-order chi connectivity index (χ1) is 7.99. The van der Waals surface area contributed by atoms with Gasteiger partial charge in [0.25, 0.3) is 0 Å². The fourth-order valence-electron chi connectivity index (χ4n) is 1.78. The van der Waals surface area contributed by atoms with Gasteiger partial charge in [0.05, 0.1) is 0 Å². The lowest BCUT2D eigenvalue weighted by atomic mass is 9.95. The Morgan fingerprint density at radius 2 is 1.67 bits per heavy atom. The third-order valence-electron chi connectivity index (χ3n) is 2.51. The van der Waals surface area contributed by atoms with Gasteiger partial charge < -0.3 is 10.6 Å². The van der Waals surface area contributed by atoms with E-state index in [1.165, 1.54) is 0 Å². The summed E-state index contributed by atoms with van der Waals surface area (Å²) < 4.78 is 0. The molecule has 2 N–H and O–H groups in total. The fourth-order valence-corrected chi connectivity index (χ4v) is 1.78. The molecule has 0 bridgehead atoms. The van der Waals surface area contributed by atoms with Gasteiger partial charge in [-0.1, -0.05) is 41.5 Å². The molecule has 4 heteroatoms. The normalized spacial score (nSPS) is 12.6. The first-order valence-corrected chi connectivity index (χ1v) is 6.35. The Labute approximate surface area is 111 Å². The smallest absolute Gasteiger partial charge is 0.138 e. The summed E-state index contributed by atoms with van der Waals surface area (Å²) in [5.41, 5.74) is 6.01. The number of nitrogens with zero attached hydrogens (tertiary/aromatic N) is 3. The third kappa shape index (κ3) is 4.17. The lowest BCUT2D eigenvalue weighted by Gasteiger charge is -2.28. The summed E-state index contributed by atoms with van der Waals surface area (Å²) in [6.45, 7) is 13.8. The topological polar surface area (TPSA) is 55.0 Å². The summed E-state index contributed by atoms with van der Waals surface area (Å²) in [6.07, 6.45) is 0. The van der Waals surface area contributed by atoms with Gasteiger partial charge in [0.1, 0.15) is 17.5 Å². The van der Waals surface area contributed by atoms with Crippen molar-refractivity contribution in [3.05, 3.63) is 11.9 Å². The molecule has 0 unspecified atom stereocenters. The minimum atomic E-state index is -0.0906. The summed E-state index contributed by atoms with van der Waals surface area (Å²) in [4.78, 5) is 11.1. The largest absolute Gasteiger partial charge is 0.384 e. The van der Waals surface area contributed by atoms with Crippen LogP contribution in [0.25, 0.3) is 0 Å². The monoisotopic (exact) mass is 250 g/mol. The zero-order valence-electron chi connectivity index (χ0n) is 12.7. The highest BCUT2D eigenvalue weighted by atomic mass is 15.2. The van der Waals surface area contributed by atoms with Gasteiger partial charge in [-0.15, -0.1) is 0 Å². The van der Waals surface area contributed by atoms with E-state index in [0.717, 1.165) is 18.2 Å². The second-order valence-electron chi connectivity index (χ2n) is 7.14. The van der Waals surface area contributed by atoms with Crippen molar-refractivity contribution in [3.63, 3.8) is 0 Å². The maximum atomic E-state index is 5.88. The molecule has 0 amide bonds. The van der Waals surface area contributed by atoms with Crippen LogP contribution in [0.2, 0.25) is 0 Å². The quantitative estimate of drug-likeness (QED) is 0.877. The van der Waals surface area contributed by atoms with Crippen LogP contribution in [0.3, 0.4) is 0 Å². The minimum Gasteiger partial charge on any atom is -0.384 e. The van der Waals surface area contributed by atoms with E-state index in [1.54, 1.807) is 0 Å². The van der Waals surface area contributed by atoms with E-state index in [1.807, 2.05) is 13.1 Å². The first kappa shape index (κ1) is 14.7. The Morgan fingerprint density at radius 1 is 1.11 bits per heavy atom. The van der Waals surface area contributed by atoms with Crippen LogP contribution in [0, 0.1) is 5.41 Å². The molecule has 0 saturated heterocycles. The van der Waals surface area contributed by atoms with Crippen molar-refractivity contribution < 1.29 is 0 Å². The van der Waals surface area contributed by atoms with Crippen LogP contribution in [-0.2, 0) is 5.41 Å². The lowest BCUT2D eigenvalue weighted by molar-refractivity contribution is 0.417. The third-order valence-corrected chi connectivity index (χ3v) is 2.51. The number of anilines is 2. The molecular formula is C14H26N4. The van der Waals surface area contributed by atoms with E-state index < -0.39 is 0 Å². The van der Waals surface area contributed by atoms with Crippen LogP contribution in [0.15, 0.2) is 6.07 Å². The molecule has 1 aromatic heterocycles. The second-order valence-corrected chi connectivity index (χ2v) is 7.14. The van der Waals surface area contributed by atoms with Gasteiger partial charge in [0.2, 0.25) is 0 Å². The van der Waals surface area contributed by atoms with Gasteiger partial charge in [-0.05, 0) is 5.41 Å². The Morgan fingerprint density at radius 3 is 2.11 bits per heavy atom. The molecule has 0 radical (unpaired) electrons. The summed E-state index contributed by atoms with van der Waals surface area (Å²) >= 11 is 0. The van der Waals surface area contributed by atoms with Crippen molar-refractivity contribution in [2.45, 2.75) is 47.0 Å². The minimum absolute atomic E-state index is 0.0906. The molecule has 1 rings (SSSR count). The number of rotatable bonds is 2. The Balaban J connectivity index is 3.07. The molecule has 0 saturated carbocycles. The zero-order valence-corrected chi connectivity index (χ0v) is 12.7. The number of hydrogen-bond donors (Lipinski definition) is 1. The average molecular weight is 250 g/mol. The van der Waals surface area contributed by atoms with E-state index in [-0.39, 0.29) is 10.8 Å². The lowest BCUT2D eigenvalue weighted by Crippen LogP contribution is -2.30. The van der Waals surface area contributed by atoms with E-state index >= 15 is 0 Å². The SMILES string of the molecule is CN(CC(C)(C)C)c1cc(N)nc(C(C)(C)C)n1. The van der Waals surface area contributed by atoms with Gasteiger partial charge in [0, 0.05) is 25.1 Å². The predicted molar refractivity (Wildman–Crippen MR) is 77.9 cm³/mol. The van der Waals surface area contributed by atoms with Gasteiger partial charge in [-0.25, -0.2) is 9.97 Å². The Bertz CT molecular complexity index is 413. The summed E-state index contributed by atoms with van der Waals surface area (Å²) in [7, 11) is 2.04. The Hall–Kier alpha value is -1.32. The number of nitrogens with two attached hydrogens (primary N) is 1. The van der Waals surface area contributed by atoms with Crippen molar-refractivity contribution in [3.8, 4) is 0 Å². The molecule has 102 valence electrons.